The number of nitrogens with zero attached hydrogens (tertiary/aromatic N) is 1. The maximum absolute atomic E-state index is 6.49. The van der Waals surface area contributed by atoms with Gasteiger partial charge in [0.1, 0.15) is 0 Å². The van der Waals surface area contributed by atoms with E-state index in [0.29, 0.717) is 5.03 Å². The third-order valence-corrected chi connectivity index (χ3v) is 5.62. The van der Waals surface area contributed by atoms with Crippen molar-refractivity contribution in [1.29, 1.82) is 0 Å². The van der Waals surface area contributed by atoms with Crippen LogP contribution in [0.2, 0.25) is 0 Å². The minimum absolute atomic E-state index is 0.479. The van der Waals surface area contributed by atoms with Crippen LogP contribution in [-0.4, -0.2) is 0 Å². The monoisotopic (exact) mass is 447 g/mol. The molecule has 4 aromatic carbocycles. The van der Waals surface area contributed by atoms with Gasteiger partial charge in [0, 0.05) is 11.4 Å². The minimum Gasteiger partial charge on any atom is -0.309 e. The first-order valence-electron chi connectivity index (χ1n) is 11.0. The van der Waals surface area contributed by atoms with Crippen LogP contribution in [0.25, 0.3) is 22.3 Å². The average molecular weight is 448 g/mol. The largest absolute Gasteiger partial charge is 0.309 e. The molecule has 0 aliphatic heterocycles. The molecule has 1 nitrogen and oxygen atoms in total. The Bertz CT molecular complexity index is 1170. The molecule has 0 bridgehead atoms. The molecule has 4 rings (SSSR count). The summed E-state index contributed by atoms with van der Waals surface area (Å²) < 4.78 is 0. The molecule has 4 aromatic rings. The minimum atomic E-state index is 0.479. The smallest absolute Gasteiger partial charge is 0.0641 e. The maximum Gasteiger partial charge on any atom is 0.0641 e. The maximum atomic E-state index is 6.49. The number of allylic oxidation sites excluding steroid dienone is 4. The normalized spacial score (nSPS) is 11.5. The van der Waals surface area contributed by atoms with Crippen molar-refractivity contribution in [2.75, 3.05) is 4.90 Å². The molecule has 0 fully saturated rings. The van der Waals surface area contributed by atoms with Gasteiger partial charge in [0.15, 0.2) is 0 Å². The fourth-order valence-corrected chi connectivity index (χ4v) is 3.92. The van der Waals surface area contributed by atoms with Crippen LogP contribution in [0.1, 0.15) is 6.92 Å². The number of anilines is 2. The molecule has 0 amide bonds. The summed E-state index contributed by atoms with van der Waals surface area (Å²) in [6.07, 6.45) is 5.95. The fourth-order valence-electron chi connectivity index (χ4n) is 3.77. The Balaban J connectivity index is 1.76. The Labute approximate surface area is 201 Å². The highest BCUT2D eigenvalue weighted by Gasteiger charge is 2.16. The van der Waals surface area contributed by atoms with Crippen LogP contribution in [-0.2, 0) is 0 Å². The van der Waals surface area contributed by atoms with Crippen LogP contribution in [0.5, 0.6) is 0 Å². The van der Waals surface area contributed by atoms with Gasteiger partial charge in [0.2, 0.25) is 0 Å². The zero-order chi connectivity index (χ0) is 23.0. The quantitative estimate of drug-likeness (QED) is 0.255. The van der Waals surface area contributed by atoms with Gasteiger partial charge in [-0.05, 0) is 59.5 Å². The summed E-state index contributed by atoms with van der Waals surface area (Å²) in [5, 5.41) is 0.479. The Hall–Kier alpha value is -3.81. The summed E-state index contributed by atoms with van der Waals surface area (Å²) in [4.78, 5) is 2.14. The Morgan fingerprint density at radius 3 is 1.39 bits per heavy atom. The van der Waals surface area contributed by atoms with Crippen LogP contribution in [0.4, 0.5) is 11.4 Å². The molecule has 0 aliphatic carbocycles. The van der Waals surface area contributed by atoms with E-state index in [1.807, 2.05) is 37.3 Å². The van der Waals surface area contributed by atoms with E-state index in [0.717, 1.165) is 17.1 Å². The van der Waals surface area contributed by atoms with Gasteiger partial charge in [0.25, 0.3) is 0 Å². The number of benzene rings is 4. The summed E-state index contributed by atoms with van der Waals surface area (Å²) in [5.41, 5.74) is 7.57. The van der Waals surface area contributed by atoms with E-state index < -0.39 is 0 Å². The lowest BCUT2D eigenvalue weighted by Crippen LogP contribution is -2.16. The van der Waals surface area contributed by atoms with Gasteiger partial charge in [-0.2, -0.15) is 0 Å². The lowest BCUT2D eigenvalue weighted by atomic mass is 10.0. The average Bonchev–Trinajstić information content (AvgIpc) is 2.88. The van der Waals surface area contributed by atoms with Crippen LogP contribution in [0.3, 0.4) is 0 Å². The molecule has 2 heteroatoms. The van der Waals surface area contributed by atoms with Crippen LogP contribution < -0.4 is 4.90 Å². The highest BCUT2D eigenvalue weighted by atomic mass is 35.5. The molecule has 0 aromatic heterocycles. The molecular weight excluding hydrogens is 422 g/mol. The van der Waals surface area contributed by atoms with Crippen molar-refractivity contribution < 1.29 is 0 Å². The summed E-state index contributed by atoms with van der Waals surface area (Å²) in [6.45, 7) is 6.02. The van der Waals surface area contributed by atoms with E-state index >= 15 is 0 Å². The first-order chi connectivity index (χ1) is 16.2. The number of rotatable bonds is 7. The van der Waals surface area contributed by atoms with Crippen molar-refractivity contribution in [1.82, 2.24) is 0 Å². The van der Waals surface area contributed by atoms with E-state index in [1.54, 1.807) is 0 Å². The Kier molecular flexibility index (Phi) is 7.24. The first kappa shape index (κ1) is 22.4. The predicted octanol–water partition coefficient (Wildman–Crippen LogP) is 9.37. The first-order valence-corrected chi connectivity index (χ1v) is 11.3. The van der Waals surface area contributed by atoms with Gasteiger partial charge in [-0.15, -0.1) is 0 Å². The second kappa shape index (κ2) is 10.7. The molecule has 0 radical (unpaired) electrons. The molecule has 0 N–H and O–H groups in total. The van der Waals surface area contributed by atoms with E-state index in [4.69, 9.17) is 11.6 Å². The summed E-state index contributed by atoms with van der Waals surface area (Å²) in [7, 11) is 0. The predicted molar refractivity (Wildman–Crippen MR) is 144 cm³/mol. The van der Waals surface area contributed by atoms with Crippen LogP contribution in [0.15, 0.2) is 145 Å². The zero-order valence-electron chi connectivity index (χ0n) is 18.7. The molecular formula is C31H26ClN. The van der Waals surface area contributed by atoms with Gasteiger partial charge in [-0.3, -0.25) is 0 Å². The topological polar surface area (TPSA) is 3.24 Å². The molecule has 0 heterocycles. The van der Waals surface area contributed by atoms with Gasteiger partial charge in [-0.25, -0.2) is 0 Å². The van der Waals surface area contributed by atoms with Crippen molar-refractivity contribution in [2.45, 2.75) is 6.92 Å². The fraction of sp³-hybridized carbons (Fsp3) is 0.0323. The van der Waals surface area contributed by atoms with Gasteiger partial charge in [-0.1, -0.05) is 115 Å². The lowest BCUT2D eigenvalue weighted by molar-refractivity contribution is 1.20. The molecule has 0 atom stereocenters. The molecule has 0 aliphatic rings. The molecule has 0 saturated carbocycles. The molecule has 162 valence electrons. The Morgan fingerprint density at radius 2 is 1.03 bits per heavy atom. The van der Waals surface area contributed by atoms with Crippen molar-refractivity contribution >= 4 is 23.0 Å². The molecule has 0 saturated heterocycles. The highest BCUT2D eigenvalue weighted by molar-refractivity contribution is 6.32. The summed E-state index contributed by atoms with van der Waals surface area (Å²) in [5.74, 6) is 0. The number of halogens is 1. The van der Waals surface area contributed by atoms with E-state index in [1.165, 1.54) is 22.3 Å². The third-order valence-electron chi connectivity index (χ3n) is 5.43. The third kappa shape index (κ3) is 5.34. The van der Waals surface area contributed by atoms with Gasteiger partial charge in [0.05, 0.1) is 10.7 Å². The molecule has 0 unspecified atom stereocenters. The standard InChI is InChI=1S/C31H26ClN/c1-3-4-15-31(24(2)32)33(29-20-16-27(17-21-29)25-11-7-5-8-12-25)30-22-18-28(19-23-30)26-13-9-6-10-14-26/h3-23H,2H2,1H3/b4-3-,31-15+. The summed E-state index contributed by atoms with van der Waals surface area (Å²) >= 11 is 6.49. The number of hydrogen-bond donors (Lipinski definition) is 0. The van der Waals surface area contributed by atoms with Crippen molar-refractivity contribution in [2.24, 2.45) is 0 Å². The van der Waals surface area contributed by atoms with Crippen molar-refractivity contribution in [3.05, 3.63) is 145 Å². The molecule has 33 heavy (non-hydrogen) atoms. The van der Waals surface area contributed by atoms with Crippen molar-refractivity contribution in [3.63, 3.8) is 0 Å². The van der Waals surface area contributed by atoms with Crippen LogP contribution >= 0.6 is 11.6 Å². The van der Waals surface area contributed by atoms with E-state index in [-0.39, 0.29) is 0 Å². The summed E-state index contributed by atoms with van der Waals surface area (Å²) in [6, 6.07) is 37.8. The highest BCUT2D eigenvalue weighted by Crippen LogP contribution is 2.36. The second-order valence-corrected chi connectivity index (χ2v) is 8.10. The molecule has 0 spiro atoms. The van der Waals surface area contributed by atoms with Crippen molar-refractivity contribution in [3.8, 4) is 22.3 Å². The second-order valence-electron chi connectivity index (χ2n) is 7.64. The van der Waals surface area contributed by atoms with Gasteiger partial charge >= 0.3 is 0 Å². The SMILES string of the molecule is C=C(Cl)/C(=C\C=C/C)N(c1ccc(-c2ccccc2)cc1)c1ccc(-c2ccccc2)cc1. The van der Waals surface area contributed by atoms with E-state index in [9.17, 15) is 0 Å². The van der Waals surface area contributed by atoms with Crippen LogP contribution in [0, 0.1) is 0 Å². The number of hydrogen-bond acceptors (Lipinski definition) is 1. The van der Waals surface area contributed by atoms with Gasteiger partial charge < -0.3 is 4.90 Å². The Morgan fingerprint density at radius 1 is 0.636 bits per heavy atom. The zero-order valence-corrected chi connectivity index (χ0v) is 19.4. The lowest BCUT2D eigenvalue weighted by Gasteiger charge is -2.28. The van der Waals surface area contributed by atoms with E-state index in [2.05, 4.69) is 109 Å².